The molecule has 0 radical (unpaired) electrons. The molecule has 3 rings (SSSR count). The predicted octanol–water partition coefficient (Wildman–Crippen LogP) is 3.58. The van der Waals surface area contributed by atoms with Gasteiger partial charge in [0.05, 0.1) is 6.10 Å². The number of aliphatic hydroxyl groups is 1. The number of aliphatic hydroxyl groups excluding tert-OH is 1. The third-order valence-corrected chi connectivity index (χ3v) is 4.74. The van der Waals surface area contributed by atoms with Crippen molar-refractivity contribution in [3.63, 3.8) is 0 Å². The first-order valence-corrected chi connectivity index (χ1v) is 8.66. The summed E-state index contributed by atoms with van der Waals surface area (Å²) in [5.74, 6) is 0.146. The molecule has 3 heteroatoms. The topological polar surface area (TPSA) is 49.3 Å². The number of carbonyl (C=O) groups is 1. The van der Waals surface area contributed by atoms with E-state index in [2.05, 4.69) is 47.8 Å². The number of rotatable bonds is 5. The van der Waals surface area contributed by atoms with Crippen molar-refractivity contribution in [2.45, 2.75) is 57.1 Å². The Morgan fingerprint density at radius 3 is 2.57 bits per heavy atom. The molecule has 1 aliphatic carbocycles. The van der Waals surface area contributed by atoms with Crippen LogP contribution in [0.4, 0.5) is 0 Å². The van der Waals surface area contributed by atoms with Crippen molar-refractivity contribution in [3.05, 3.63) is 48.0 Å². The minimum Gasteiger partial charge on any atom is -0.393 e. The van der Waals surface area contributed by atoms with Gasteiger partial charge in [0.25, 0.3) is 0 Å². The Balaban J connectivity index is 1.43. The summed E-state index contributed by atoms with van der Waals surface area (Å²) < 4.78 is 0. The minimum atomic E-state index is -0.170. The Morgan fingerprint density at radius 1 is 1.04 bits per heavy atom. The second-order valence-corrected chi connectivity index (χ2v) is 6.61. The van der Waals surface area contributed by atoms with E-state index in [-0.39, 0.29) is 18.1 Å². The van der Waals surface area contributed by atoms with Crippen molar-refractivity contribution in [1.29, 1.82) is 0 Å². The lowest BCUT2D eigenvalue weighted by atomic mass is 9.93. The third-order valence-electron chi connectivity index (χ3n) is 4.74. The van der Waals surface area contributed by atoms with E-state index in [4.69, 9.17) is 0 Å². The minimum absolute atomic E-state index is 0.146. The molecule has 0 heterocycles. The first-order valence-electron chi connectivity index (χ1n) is 8.66. The van der Waals surface area contributed by atoms with E-state index in [0.717, 1.165) is 38.5 Å². The fraction of sp³-hybridized carbons (Fsp3) is 0.450. The standard InChI is InChI=1S/C20H25NO2/c22-19-12-10-18(11-13-19)21-20(23)7-3-4-15-8-9-16-5-1-2-6-17(16)14-15/h1-2,5-6,8-9,14,18-19,22H,3-4,7,10-13H2,(H,21,23). The Bertz CT molecular complexity index is 659. The van der Waals surface area contributed by atoms with Crippen LogP contribution in [0.3, 0.4) is 0 Å². The molecule has 0 atom stereocenters. The van der Waals surface area contributed by atoms with Crippen molar-refractivity contribution < 1.29 is 9.90 Å². The van der Waals surface area contributed by atoms with Crippen LogP contribution < -0.4 is 5.32 Å². The lowest BCUT2D eigenvalue weighted by molar-refractivity contribution is -0.122. The second-order valence-electron chi connectivity index (χ2n) is 6.61. The van der Waals surface area contributed by atoms with Gasteiger partial charge < -0.3 is 10.4 Å². The molecule has 23 heavy (non-hydrogen) atoms. The lowest BCUT2D eigenvalue weighted by Crippen LogP contribution is -2.38. The van der Waals surface area contributed by atoms with Gasteiger partial charge in [-0.25, -0.2) is 0 Å². The van der Waals surface area contributed by atoms with Crippen molar-refractivity contribution in [2.24, 2.45) is 0 Å². The molecule has 2 N–H and O–H groups in total. The molecular formula is C20H25NO2. The van der Waals surface area contributed by atoms with E-state index in [1.165, 1.54) is 16.3 Å². The van der Waals surface area contributed by atoms with Gasteiger partial charge in [0, 0.05) is 12.5 Å². The average Bonchev–Trinajstić information content (AvgIpc) is 2.57. The number of nitrogens with one attached hydrogen (secondary N) is 1. The molecule has 122 valence electrons. The number of fused-ring (bicyclic) bond motifs is 1. The van der Waals surface area contributed by atoms with E-state index in [1.807, 2.05) is 0 Å². The van der Waals surface area contributed by atoms with Crippen LogP contribution in [0.25, 0.3) is 10.8 Å². The van der Waals surface area contributed by atoms with Gasteiger partial charge in [0.2, 0.25) is 5.91 Å². The molecule has 1 fully saturated rings. The first-order chi connectivity index (χ1) is 11.2. The van der Waals surface area contributed by atoms with Crippen LogP contribution in [0.2, 0.25) is 0 Å². The SMILES string of the molecule is O=C(CCCc1ccc2ccccc2c1)NC1CCC(O)CC1. The number of hydrogen-bond donors (Lipinski definition) is 2. The number of amides is 1. The van der Waals surface area contributed by atoms with Crippen LogP contribution in [-0.2, 0) is 11.2 Å². The average molecular weight is 311 g/mol. The van der Waals surface area contributed by atoms with Gasteiger partial charge in [-0.05, 0) is 54.9 Å². The monoisotopic (exact) mass is 311 g/mol. The highest BCUT2D eigenvalue weighted by Crippen LogP contribution is 2.19. The normalized spacial score (nSPS) is 21.3. The number of benzene rings is 2. The number of carbonyl (C=O) groups excluding carboxylic acids is 1. The highest BCUT2D eigenvalue weighted by molar-refractivity contribution is 5.83. The zero-order chi connectivity index (χ0) is 16.1. The van der Waals surface area contributed by atoms with E-state index in [0.29, 0.717) is 6.42 Å². The van der Waals surface area contributed by atoms with Gasteiger partial charge in [-0.2, -0.15) is 0 Å². The van der Waals surface area contributed by atoms with Gasteiger partial charge >= 0.3 is 0 Å². The molecule has 0 aliphatic heterocycles. The lowest BCUT2D eigenvalue weighted by Gasteiger charge is -2.26. The van der Waals surface area contributed by atoms with E-state index in [1.54, 1.807) is 0 Å². The van der Waals surface area contributed by atoms with E-state index < -0.39 is 0 Å². The molecule has 3 nitrogen and oxygen atoms in total. The highest BCUT2D eigenvalue weighted by atomic mass is 16.3. The maximum atomic E-state index is 12.0. The van der Waals surface area contributed by atoms with Crippen LogP contribution in [-0.4, -0.2) is 23.2 Å². The summed E-state index contributed by atoms with van der Waals surface area (Å²) in [4.78, 5) is 12.0. The molecule has 1 amide bonds. The molecule has 2 aromatic rings. The van der Waals surface area contributed by atoms with Crippen molar-refractivity contribution in [1.82, 2.24) is 5.32 Å². The second kappa shape index (κ2) is 7.60. The smallest absolute Gasteiger partial charge is 0.220 e. The van der Waals surface area contributed by atoms with Gasteiger partial charge in [-0.3, -0.25) is 4.79 Å². The van der Waals surface area contributed by atoms with E-state index >= 15 is 0 Å². The molecule has 0 bridgehead atoms. The van der Waals surface area contributed by atoms with Crippen molar-refractivity contribution in [3.8, 4) is 0 Å². The van der Waals surface area contributed by atoms with Crippen molar-refractivity contribution >= 4 is 16.7 Å². The summed E-state index contributed by atoms with van der Waals surface area (Å²) in [5.41, 5.74) is 1.29. The molecule has 0 unspecified atom stereocenters. The Morgan fingerprint density at radius 2 is 1.78 bits per heavy atom. The van der Waals surface area contributed by atoms with Gasteiger partial charge in [0.1, 0.15) is 0 Å². The third kappa shape index (κ3) is 4.55. The fourth-order valence-electron chi connectivity index (χ4n) is 3.37. The summed E-state index contributed by atoms with van der Waals surface area (Å²) in [5, 5.41) is 15.1. The number of hydrogen-bond acceptors (Lipinski definition) is 2. The van der Waals surface area contributed by atoms with Crippen molar-refractivity contribution in [2.75, 3.05) is 0 Å². The molecule has 1 aliphatic rings. The largest absolute Gasteiger partial charge is 0.393 e. The highest BCUT2D eigenvalue weighted by Gasteiger charge is 2.20. The first kappa shape index (κ1) is 16.0. The summed E-state index contributed by atoms with van der Waals surface area (Å²) in [6, 6.07) is 15.1. The van der Waals surface area contributed by atoms with Crippen LogP contribution in [0.15, 0.2) is 42.5 Å². The Kier molecular flexibility index (Phi) is 5.29. The summed E-state index contributed by atoms with van der Waals surface area (Å²) in [6.07, 6.45) is 5.63. The molecular weight excluding hydrogens is 286 g/mol. The maximum Gasteiger partial charge on any atom is 0.220 e. The molecule has 0 spiro atoms. The zero-order valence-electron chi connectivity index (χ0n) is 13.5. The maximum absolute atomic E-state index is 12.0. The summed E-state index contributed by atoms with van der Waals surface area (Å²) in [6.45, 7) is 0. The predicted molar refractivity (Wildman–Crippen MR) is 93.3 cm³/mol. The molecule has 0 saturated heterocycles. The molecule has 0 aromatic heterocycles. The Labute approximate surface area is 137 Å². The van der Waals surface area contributed by atoms with Gasteiger partial charge in [-0.1, -0.05) is 42.5 Å². The number of aryl methyl sites for hydroxylation is 1. The van der Waals surface area contributed by atoms with Crippen LogP contribution in [0.5, 0.6) is 0 Å². The summed E-state index contributed by atoms with van der Waals surface area (Å²) in [7, 11) is 0. The fourth-order valence-corrected chi connectivity index (χ4v) is 3.37. The zero-order valence-corrected chi connectivity index (χ0v) is 13.5. The van der Waals surface area contributed by atoms with E-state index in [9.17, 15) is 9.90 Å². The van der Waals surface area contributed by atoms with Crippen LogP contribution >= 0.6 is 0 Å². The molecule has 2 aromatic carbocycles. The van der Waals surface area contributed by atoms with Gasteiger partial charge in [0.15, 0.2) is 0 Å². The quantitative estimate of drug-likeness (QED) is 0.886. The molecule has 1 saturated carbocycles. The summed E-state index contributed by atoms with van der Waals surface area (Å²) >= 11 is 0. The van der Waals surface area contributed by atoms with Crippen LogP contribution in [0.1, 0.15) is 44.1 Å². The van der Waals surface area contributed by atoms with Gasteiger partial charge in [-0.15, -0.1) is 0 Å². The van der Waals surface area contributed by atoms with Crippen LogP contribution in [0, 0.1) is 0 Å². The Hall–Kier alpha value is -1.87.